The molecule has 1 nitrogen and oxygen atoms in total. The van der Waals surface area contributed by atoms with Crippen molar-refractivity contribution in [3.63, 3.8) is 0 Å². The van der Waals surface area contributed by atoms with Gasteiger partial charge in [0.05, 0.1) is 5.70 Å². The van der Waals surface area contributed by atoms with E-state index in [0.717, 1.165) is 17.8 Å². The number of fused-ring (bicyclic) bond motifs is 1. The molecule has 1 aromatic carbocycles. The number of benzene rings is 1. The van der Waals surface area contributed by atoms with Crippen molar-refractivity contribution in [1.82, 2.24) is 0 Å². The molecule has 1 aromatic rings. The van der Waals surface area contributed by atoms with Crippen LogP contribution in [0.25, 0.3) is 0 Å². The van der Waals surface area contributed by atoms with Gasteiger partial charge in [0.15, 0.2) is 0 Å². The molecule has 1 aliphatic heterocycles. The van der Waals surface area contributed by atoms with Crippen molar-refractivity contribution in [1.29, 1.82) is 0 Å². The summed E-state index contributed by atoms with van der Waals surface area (Å²) in [6, 6.07) is 6.39. The molecular formula is C19H22FN. The van der Waals surface area contributed by atoms with Gasteiger partial charge in [-0.15, -0.1) is 0 Å². The lowest BCUT2D eigenvalue weighted by atomic mass is 9.99. The fourth-order valence-corrected chi connectivity index (χ4v) is 2.67. The lowest BCUT2D eigenvalue weighted by Crippen LogP contribution is -2.19. The molecule has 0 aromatic heterocycles. The predicted octanol–water partition coefficient (Wildman–Crippen LogP) is 5.28. The van der Waals surface area contributed by atoms with E-state index in [1.165, 1.54) is 11.1 Å². The summed E-state index contributed by atoms with van der Waals surface area (Å²) in [6.45, 7) is 11.5. The largest absolute Gasteiger partial charge is 0.315 e. The van der Waals surface area contributed by atoms with Crippen LogP contribution in [0.4, 0.5) is 10.1 Å². The average Bonchev–Trinajstić information content (AvgIpc) is 2.76. The molecule has 0 fully saturated rings. The Kier molecular flexibility index (Phi) is 4.79. The minimum Gasteiger partial charge on any atom is -0.315 e. The van der Waals surface area contributed by atoms with Gasteiger partial charge in [-0.05, 0) is 29.7 Å². The number of hydrogen-bond donors (Lipinski definition) is 0. The third kappa shape index (κ3) is 2.85. The van der Waals surface area contributed by atoms with E-state index in [1.807, 2.05) is 4.90 Å². The smallest absolute Gasteiger partial charge is 0.130 e. The van der Waals surface area contributed by atoms with E-state index in [0.29, 0.717) is 5.70 Å². The lowest BCUT2D eigenvalue weighted by Gasteiger charge is -2.23. The second-order valence-electron chi connectivity index (χ2n) is 5.21. The minimum absolute atomic E-state index is 0.213. The molecule has 21 heavy (non-hydrogen) atoms. The van der Waals surface area contributed by atoms with E-state index in [9.17, 15) is 4.39 Å². The molecule has 0 saturated heterocycles. The highest BCUT2D eigenvalue weighted by Crippen LogP contribution is 2.45. The summed E-state index contributed by atoms with van der Waals surface area (Å²) in [5, 5.41) is 0. The molecule has 0 amide bonds. The number of alkyl halides is 1. The summed E-state index contributed by atoms with van der Waals surface area (Å²) in [4.78, 5) is 1.94. The normalized spacial score (nSPS) is 18.4. The zero-order valence-corrected chi connectivity index (χ0v) is 12.8. The van der Waals surface area contributed by atoms with Gasteiger partial charge in [-0.3, -0.25) is 0 Å². The number of aryl methyl sites for hydroxylation is 1. The second kappa shape index (κ2) is 6.57. The molecular weight excluding hydrogens is 261 g/mol. The van der Waals surface area contributed by atoms with E-state index in [-0.39, 0.29) is 5.92 Å². The molecule has 0 bridgehead atoms. The molecule has 0 saturated carbocycles. The van der Waals surface area contributed by atoms with Gasteiger partial charge in [0.25, 0.3) is 0 Å². The minimum atomic E-state index is -0.526. The summed E-state index contributed by atoms with van der Waals surface area (Å²) in [6.07, 6.45) is 8.05. The quantitative estimate of drug-likeness (QED) is 0.664. The Bertz CT molecular complexity index is 610. The molecule has 0 N–H and O–H groups in total. The second-order valence-corrected chi connectivity index (χ2v) is 5.21. The molecule has 1 unspecified atom stereocenters. The van der Waals surface area contributed by atoms with Crippen molar-refractivity contribution in [2.75, 3.05) is 11.6 Å². The van der Waals surface area contributed by atoms with Crippen LogP contribution < -0.4 is 4.90 Å². The van der Waals surface area contributed by atoms with Gasteiger partial charge >= 0.3 is 0 Å². The fraction of sp³-hybridized carbons (Fsp3) is 0.263. The highest BCUT2D eigenvalue weighted by Gasteiger charge is 2.31. The third-order valence-electron chi connectivity index (χ3n) is 3.95. The Balaban J connectivity index is 2.46. The maximum atomic E-state index is 13.5. The van der Waals surface area contributed by atoms with E-state index in [4.69, 9.17) is 0 Å². The maximum absolute atomic E-state index is 13.5. The molecule has 1 aliphatic rings. The van der Waals surface area contributed by atoms with Crippen LogP contribution in [0.2, 0.25) is 0 Å². The predicted molar refractivity (Wildman–Crippen MR) is 89.2 cm³/mol. The van der Waals surface area contributed by atoms with Crippen LogP contribution in [-0.2, 0) is 6.42 Å². The Hall–Kier alpha value is -2.09. The van der Waals surface area contributed by atoms with E-state index < -0.39 is 6.67 Å². The average molecular weight is 283 g/mol. The Morgan fingerprint density at radius 3 is 2.76 bits per heavy atom. The Labute approximate surface area is 126 Å². The molecule has 110 valence electrons. The first-order valence-corrected chi connectivity index (χ1v) is 7.30. The summed E-state index contributed by atoms with van der Waals surface area (Å²) in [5.41, 5.74) is 5.10. The number of nitrogens with zero attached hydrogens (tertiary/aromatic N) is 1. The number of allylic oxidation sites excluding steroid dienone is 6. The molecule has 0 aliphatic carbocycles. The number of anilines is 1. The van der Waals surface area contributed by atoms with Gasteiger partial charge < -0.3 is 4.90 Å². The van der Waals surface area contributed by atoms with Crippen molar-refractivity contribution in [3.8, 4) is 0 Å². The highest BCUT2D eigenvalue weighted by molar-refractivity contribution is 5.72. The summed E-state index contributed by atoms with van der Waals surface area (Å²) < 4.78 is 13.5. The Morgan fingerprint density at radius 2 is 2.14 bits per heavy atom. The van der Waals surface area contributed by atoms with Crippen molar-refractivity contribution >= 4 is 5.69 Å². The van der Waals surface area contributed by atoms with E-state index >= 15 is 0 Å². The summed E-state index contributed by atoms with van der Waals surface area (Å²) in [7, 11) is 0. The van der Waals surface area contributed by atoms with Crippen LogP contribution in [0.5, 0.6) is 0 Å². The van der Waals surface area contributed by atoms with Crippen LogP contribution in [0.3, 0.4) is 0 Å². The molecule has 0 spiro atoms. The zero-order valence-electron chi connectivity index (χ0n) is 12.8. The van der Waals surface area contributed by atoms with Gasteiger partial charge in [-0.2, -0.15) is 0 Å². The van der Waals surface area contributed by atoms with Gasteiger partial charge in [-0.1, -0.05) is 57.4 Å². The van der Waals surface area contributed by atoms with Gasteiger partial charge in [0.2, 0.25) is 0 Å². The first kappa shape index (κ1) is 15.3. The van der Waals surface area contributed by atoms with Crippen LogP contribution in [-0.4, -0.2) is 6.67 Å². The molecule has 1 atom stereocenters. The van der Waals surface area contributed by atoms with Crippen LogP contribution >= 0.6 is 0 Å². The first-order valence-electron chi connectivity index (χ1n) is 7.30. The van der Waals surface area contributed by atoms with E-state index in [1.54, 1.807) is 24.3 Å². The third-order valence-corrected chi connectivity index (χ3v) is 3.95. The van der Waals surface area contributed by atoms with Crippen molar-refractivity contribution < 1.29 is 4.39 Å². The SMILES string of the molecule is C=C/C=C\C=C(/CF)N1C(=C)C(C)c2cc(CC)ccc21. The van der Waals surface area contributed by atoms with Gasteiger partial charge in [0.1, 0.15) is 6.67 Å². The standard InChI is InChI=1S/C19H22FN/c1-5-7-8-9-17(13-20)21-15(4)14(3)18-12-16(6-2)10-11-19(18)21/h5,7-12,14H,1,4,6,13H2,2-3H3/b8-7-,17-9+. The number of hydrogen-bond acceptors (Lipinski definition) is 1. The highest BCUT2D eigenvalue weighted by atomic mass is 19.1. The topological polar surface area (TPSA) is 3.24 Å². The fourth-order valence-electron chi connectivity index (χ4n) is 2.67. The number of rotatable bonds is 5. The summed E-state index contributed by atoms with van der Waals surface area (Å²) in [5.74, 6) is 0.213. The van der Waals surface area contributed by atoms with Gasteiger partial charge in [-0.25, -0.2) is 4.39 Å². The van der Waals surface area contributed by atoms with Crippen LogP contribution in [0.15, 0.2) is 67.1 Å². The monoisotopic (exact) mass is 283 g/mol. The van der Waals surface area contributed by atoms with Crippen LogP contribution in [0, 0.1) is 0 Å². The first-order chi connectivity index (χ1) is 10.1. The number of halogens is 1. The maximum Gasteiger partial charge on any atom is 0.130 e. The van der Waals surface area contributed by atoms with Crippen LogP contribution in [0.1, 0.15) is 30.9 Å². The van der Waals surface area contributed by atoms with Crippen molar-refractivity contribution in [2.45, 2.75) is 26.2 Å². The zero-order chi connectivity index (χ0) is 15.4. The van der Waals surface area contributed by atoms with Crippen molar-refractivity contribution in [3.05, 3.63) is 78.2 Å². The Morgan fingerprint density at radius 1 is 1.38 bits per heavy atom. The summed E-state index contributed by atoms with van der Waals surface area (Å²) >= 11 is 0. The molecule has 2 heteroatoms. The molecule has 1 heterocycles. The lowest BCUT2D eigenvalue weighted by molar-refractivity contribution is 0.536. The van der Waals surface area contributed by atoms with Gasteiger partial charge in [0, 0.05) is 17.3 Å². The van der Waals surface area contributed by atoms with E-state index in [2.05, 4.69) is 45.2 Å². The van der Waals surface area contributed by atoms with Crippen molar-refractivity contribution in [2.24, 2.45) is 0 Å². The molecule has 2 rings (SSSR count). The molecule has 0 radical (unpaired) electrons.